The Balaban J connectivity index is 1.20. The van der Waals surface area contributed by atoms with E-state index in [-0.39, 0.29) is 37.5 Å². The number of benzene rings is 2. The van der Waals surface area contributed by atoms with E-state index in [9.17, 15) is 19.5 Å². The van der Waals surface area contributed by atoms with Crippen LogP contribution in [0.5, 0.6) is 0 Å². The van der Waals surface area contributed by atoms with Crippen LogP contribution in [-0.2, 0) is 19.1 Å². The SMILES string of the molecule is O=C(NC1(C(=O)N2C3CCC2(C(=O)O)CC3)CCOC1)OCC1c2ccccc2-c2ccccc21. The highest BCUT2D eigenvalue weighted by molar-refractivity contribution is 5.96. The number of nitrogens with zero attached hydrogens (tertiary/aromatic N) is 1. The Hall–Kier alpha value is -3.39. The van der Waals surface area contributed by atoms with Crippen molar-refractivity contribution in [1.82, 2.24) is 10.2 Å². The van der Waals surface area contributed by atoms with Crippen LogP contribution in [0.25, 0.3) is 11.1 Å². The van der Waals surface area contributed by atoms with Gasteiger partial charge in [0.05, 0.1) is 6.61 Å². The second kappa shape index (κ2) is 8.09. The van der Waals surface area contributed by atoms with E-state index in [0.29, 0.717) is 32.3 Å². The van der Waals surface area contributed by atoms with Crippen LogP contribution in [0.3, 0.4) is 0 Å². The van der Waals surface area contributed by atoms with Crippen molar-refractivity contribution in [3.05, 3.63) is 59.7 Å². The fourth-order valence-corrected chi connectivity index (χ4v) is 6.55. The van der Waals surface area contributed by atoms with Gasteiger partial charge in [-0.1, -0.05) is 48.5 Å². The number of carbonyl (C=O) groups excluding carboxylic acids is 2. The number of carbonyl (C=O) groups is 3. The quantitative estimate of drug-likeness (QED) is 0.686. The molecular weight excluding hydrogens is 448 g/mol. The third-order valence-corrected chi connectivity index (χ3v) is 8.34. The molecule has 1 unspecified atom stereocenters. The second-order valence-electron chi connectivity index (χ2n) is 10.1. The molecule has 0 aromatic heterocycles. The molecule has 8 nitrogen and oxygen atoms in total. The van der Waals surface area contributed by atoms with Crippen molar-refractivity contribution in [2.45, 2.75) is 55.1 Å². The van der Waals surface area contributed by atoms with E-state index < -0.39 is 23.1 Å². The van der Waals surface area contributed by atoms with Gasteiger partial charge in [-0.05, 0) is 47.9 Å². The number of alkyl carbamates (subject to hydrolysis) is 1. The van der Waals surface area contributed by atoms with Crippen molar-refractivity contribution in [2.75, 3.05) is 19.8 Å². The van der Waals surface area contributed by atoms with Gasteiger partial charge in [0.1, 0.15) is 17.7 Å². The summed E-state index contributed by atoms with van der Waals surface area (Å²) in [5, 5.41) is 12.7. The minimum atomic E-state index is -1.31. The minimum absolute atomic E-state index is 0.00888. The molecule has 2 amide bonds. The van der Waals surface area contributed by atoms with Crippen LogP contribution < -0.4 is 5.32 Å². The molecule has 6 rings (SSSR count). The van der Waals surface area contributed by atoms with E-state index in [1.54, 1.807) is 0 Å². The van der Waals surface area contributed by atoms with Crippen LogP contribution >= 0.6 is 0 Å². The first kappa shape index (κ1) is 22.1. The summed E-state index contributed by atoms with van der Waals surface area (Å²) in [4.78, 5) is 40.5. The monoisotopic (exact) mass is 476 g/mol. The smallest absolute Gasteiger partial charge is 0.408 e. The number of amides is 2. The minimum Gasteiger partial charge on any atom is -0.479 e. The number of rotatable bonds is 5. The van der Waals surface area contributed by atoms with Gasteiger partial charge < -0.3 is 24.8 Å². The lowest BCUT2D eigenvalue weighted by atomic mass is 9.87. The molecule has 1 atom stereocenters. The number of aliphatic carboxylic acids is 1. The summed E-state index contributed by atoms with van der Waals surface area (Å²) in [5.74, 6) is -1.43. The lowest BCUT2D eigenvalue weighted by Crippen LogP contribution is -2.64. The van der Waals surface area contributed by atoms with Crippen molar-refractivity contribution in [2.24, 2.45) is 0 Å². The molecule has 2 N–H and O–H groups in total. The third kappa shape index (κ3) is 3.26. The highest BCUT2D eigenvalue weighted by Crippen LogP contribution is 2.48. The summed E-state index contributed by atoms with van der Waals surface area (Å²) >= 11 is 0. The largest absolute Gasteiger partial charge is 0.479 e. The van der Waals surface area contributed by atoms with Gasteiger partial charge in [-0.2, -0.15) is 0 Å². The van der Waals surface area contributed by atoms with Crippen LogP contribution in [0.15, 0.2) is 48.5 Å². The molecule has 0 saturated carbocycles. The van der Waals surface area contributed by atoms with E-state index in [1.807, 2.05) is 36.4 Å². The molecular formula is C27H28N2O6. The fraction of sp³-hybridized carbons (Fsp3) is 0.444. The van der Waals surface area contributed by atoms with E-state index in [1.165, 1.54) is 4.90 Å². The van der Waals surface area contributed by atoms with Gasteiger partial charge in [0.15, 0.2) is 0 Å². The van der Waals surface area contributed by atoms with E-state index in [0.717, 1.165) is 22.3 Å². The van der Waals surface area contributed by atoms with Gasteiger partial charge in [-0.15, -0.1) is 0 Å². The van der Waals surface area contributed by atoms with Crippen LogP contribution in [0.1, 0.15) is 49.1 Å². The Labute approximate surface area is 203 Å². The molecule has 0 spiro atoms. The van der Waals surface area contributed by atoms with Crippen LogP contribution in [0.4, 0.5) is 4.79 Å². The second-order valence-corrected chi connectivity index (χ2v) is 10.1. The van der Waals surface area contributed by atoms with Gasteiger partial charge in [0.25, 0.3) is 5.91 Å². The molecule has 2 aromatic carbocycles. The van der Waals surface area contributed by atoms with Gasteiger partial charge >= 0.3 is 12.1 Å². The van der Waals surface area contributed by atoms with E-state index >= 15 is 0 Å². The van der Waals surface area contributed by atoms with Crippen LogP contribution in [0.2, 0.25) is 0 Å². The number of carboxylic acid groups (broad SMARTS) is 1. The molecule has 4 aliphatic rings. The fourth-order valence-electron chi connectivity index (χ4n) is 6.55. The molecule has 182 valence electrons. The lowest BCUT2D eigenvalue weighted by molar-refractivity contribution is -0.158. The summed E-state index contributed by atoms with van der Waals surface area (Å²) < 4.78 is 11.2. The highest BCUT2D eigenvalue weighted by atomic mass is 16.6. The zero-order valence-corrected chi connectivity index (χ0v) is 19.4. The van der Waals surface area contributed by atoms with Gasteiger partial charge in [0.2, 0.25) is 0 Å². The number of fused-ring (bicyclic) bond motifs is 5. The first-order valence-corrected chi connectivity index (χ1v) is 12.2. The summed E-state index contributed by atoms with van der Waals surface area (Å²) in [6.45, 7) is 0.458. The zero-order valence-electron chi connectivity index (χ0n) is 19.4. The summed E-state index contributed by atoms with van der Waals surface area (Å²) in [5.41, 5.74) is 1.99. The Kier molecular flexibility index (Phi) is 5.11. The van der Waals surface area contributed by atoms with Gasteiger partial charge in [0, 0.05) is 25.0 Å². The van der Waals surface area contributed by atoms with Crippen molar-refractivity contribution in [3.8, 4) is 11.1 Å². The molecule has 3 aliphatic heterocycles. The molecule has 8 heteroatoms. The molecule has 3 saturated heterocycles. The Morgan fingerprint density at radius 3 is 2.20 bits per heavy atom. The maximum atomic E-state index is 13.8. The number of carboxylic acids is 1. The van der Waals surface area contributed by atoms with E-state index in [4.69, 9.17) is 9.47 Å². The van der Waals surface area contributed by atoms with Crippen molar-refractivity contribution in [3.63, 3.8) is 0 Å². The maximum absolute atomic E-state index is 13.8. The van der Waals surface area contributed by atoms with Crippen LogP contribution in [-0.4, -0.2) is 64.9 Å². The van der Waals surface area contributed by atoms with Crippen LogP contribution in [0, 0.1) is 0 Å². The first-order valence-electron chi connectivity index (χ1n) is 12.2. The molecule has 1 aliphatic carbocycles. The summed E-state index contributed by atoms with van der Waals surface area (Å²) in [6, 6.07) is 16.1. The molecule has 2 bridgehead atoms. The Morgan fingerprint density at radius 2 is 1.63 bits per heavy atom. The van der Waals surface area contributed by atoms with Gasteiger partial charge in [-0.25, -0.2) is 9.59 Å². The first-order chi connectivity index (χ1) is 17.0. The average Bonchev–Trinajstić information content (AvgIpc) is 3.64. The molecule has 3 heterocycles. The maximum Gasteiger partial charge on any atom is 0.408 e. The highest BCUT2D eigenvalue weighted by Gasteiger charge is 2.62. The topological polar surface area (TPSA) is 105 Å². The van der Waals surface area contributed by atoms with Crippen molar-refractivity contribution >= 4 is 18.0 Å². The molecule has 2 aromatic rings. The molecule has 3 fully saturated rings. The molecule has 35 heavy (non-hydrogen) atoms. The predicted molar refractivity (Wildman–Crippen MR) is 126 cm³/mol. The van der Waals surface area contributed by atoms with Crippen molar-refractivity contribution < 1.29 is 29.0 Å². The summed E-state index contributed by atoms with van der Waals surface area (Å²) in [6.07, 6.45) is 1.82. The number of hydrogen-bond donors (Lipinski definition) is 2. The molecule has 0 radical (unpaired) electrons. The standard InChI is InChI=1S/C27H28N2O6/c30-23(29-17-9-11-27(29,12-10-17)24(31)32)26(13-14-34-16-26)28-25(33)35-15-22-20-7-3-1-5-18(20)19-6-2-4-8-21(19)22/h1-8,17,22H,9-16H2,(H,28,33)(H,31,32). The van der Waals surface area contributed by atoms with E-state index in [2.05, 4.69) is 17.4 Å². The normalized spacial score (nSPS) is 28.6. The number of nitrogens with one attached hydrogen (secondary N) is 1. The Bertz CT molecular complexity index is 1150. The average molecular weight is 477 g/mol. The lowest BCUT2D eigenvalue weighted by Gasteiger charge is -2.38. The predicted octanol–water partition coefficient (Wildman–Crippen LogP) is 3.29. The van der Waals surface area contributed by atoms with Gasteiger partial charge in [-0.3, -0.25) is 4.79 Å². The summed E-state index contributed by atoms with van der Waals surface area (Å²) in [7, 11) is 0. The van der Waals surface area contributed by atoms with Crippen molar-refractivity contribution in [1.29, 1.82) is 0 Å². The third-order valence-electron chi connectivity index (χ3n) is 8.34. The number of hydrogen-bond acceptors (Lipinski definition) is 5. The number of ether oxygens (including phenoxy) is 2. The zero-order chi connectivity index (χ0) is 24.2. The Morgan fingerprint density at radius 1 is 1.00 bits per heavy atom.